The summed E-state index contributed by atoms with van der Waals surface area (Å²) in [6.07, 6.45) is 13.8. The van der Waals surface area contributed by atoms with Gasteiger partial charge in [-0.3, -0.25) is 29.0 Å². The van der Waals surface area contributed by atoms with E-state index in [2.05, 4.69) is 47.9 Å². The second kappa shape index (κ2) is 28.9. The van der Waals surface area contributed by atoms with Crippen LogP contribution in [0.25, 0.3) is 0 Å². The molecule has 0 saturated carbocycles. The van der Waals surface area contributed by atoms with Crippen molar-refractivity contribution >= 4 is 35.4 Å². The van der Waals surface area contributed by atoms with E-state index in [9.17, 15) is 48.5 Å². The summed E-state index contributed by atoms with van der Waals surface area (Å²) in [5.41, 5.74) is 4.42. The number of amides is 4. The molecule has 1 aromatic rings. The van der Waals surface area contributed by atoms with Gasteiger partial charge in [0, 0.05) is 55.9 Å². The van der Waals surface area contributed by atoms with Crippen LogP contribution in [-0.4, -0.2) is 117 Å². The average molecular weight is 1070 g/mol. The predicted octanol–water partition coefficient (Wildman–Crippen LogP) is 6.71. The molecular weight excluding hydrogens is 986 g/mol. The van der Waals surface area contributed by atoms with Crippen molar-refractivity contribution in [3.8, 4) is 0 Å². The van der Waals surface area contributed by atoms with Crippen molar-refractivity contribution in [2.45, 2.75) is 187 Å². The molecule has 4 amide bonds. The summed E-state index contributed by atoms with van der Waals surface area (Å²) in [7, 11) is 0. The molecule has 7 N–H and O–H groups in total. The number of ketones is 1. The Kier molecular flexibility index (Phi) is 23.3. The lowest BCUT2D eigenvalue weighted by Crippen LogP contribution is -2.64. The molecule has 5 rings (SSSR count). The third kappa shape index (κ3) is 17.0. The van der Waals surface area contributed by atoms with Crippen molar-refractivity contribution in [2.24, 2.45) is 35.5 Å². The van der Waals surface area contributed by atoms with Gasteiger partial charge >= 0.3 is 5.97 Å². The number of hydrogen-bond donors (Lipinski definition) is 7. The number of Topliss-reactive ketones (excluding diaryl/α,β-unsaturated/α-hetero) is 1. The molecule has 2 fully saturated rings. The second-order valence-corrected chi connectivity index (χ2v) is 22.2. The number of esters is 1. The summed E-state index contributed by atoms with van der Waals surface area (Å²) in [4.78, 5) is 81.9. The smallest absolute Gasteiger partial charge is 0.325 e. The van der Waals surface area contributed by atoms with E-state index < -0.39 is 89.6 Å². The standard InChI is InChI=1S/C60H86FN5O11/c1-11-44-31-40(8)60(64-55(44)71)39(7)30-38(6)52(77-60)34-50(69)36(4)20-14-12-15-21-37(5)51-26-17-13-16-25-49(68)42(10)54(70)46(28-27-41(9)67)56(72)63-53(35(2)3)57(73)62-48(33-43-22-18-23-45(61)32-43)58(74)66-29-19-24-47(65-66)59(75)76-51/h12-13,15-18,21-23,25,30,32,36,38,40,42,44,46-54,65,68-70H,2,11,14,19-20,24,26-29,31,33-34H2,1,3-10H3,(H,62,73)(H,63,72)(H,64,71)/b15-12+,17-13+,25-16+,37-21+/t36-,38+,40-,42-,44-,46+,47?,48-,49-,50-,51-,52-,53-,54+,60-/m0/s1. The number of carbonyl (C=O) groups is 6. The molecule has 0 radical (unpaired) electrons. The van der Waals surface area contributed by atoms with Crippen molar-refractivity contribution in [3.63, 3.8) is 0 Å². The number of nitrogens with one attached hydrogen (secondary N) is 4. The number of rotatable bonds is 15. The Balaban J connectivity index is 1.35. The zero-order chi connectivity index (χ0) is 56.7. The highest BCUT2D eigenvalue weighted by atomic mass is 19.1. The summed E-state index contributed by atoms with van der Waals surface area (Å²) in [6.45, 7) is 20.6. The number of nitrogens with zero attached hydrogens (tertiary/aromatic N) is 1. The molecule has 0 aliphatic carbocycles. The van der Waals surface area contributed by atoms with Crippen LogP contribution in [0.3, 0.4) is 0 Å². The number of allylic oxidation sites excluding steroid dienone is 5. The summed E-state index contributed by atoms with van der Waals surface area (Å²) in [5, 5.41) is 44.1. The fourth-order valence-corrected chi connectivity index (χ4v) is 10.8. The molecule has 1 spiro atoms. The molecule has 4 aliphatic rings. The molecule has 1 aromatic carbocycles. The van der Waals surface area contributed by atoms with Crippen LogP contribution in [0.2, 0.25) is 0 Å². The summed E-state index contributed by atoms with van der Waals surface area (Å²) < 4.78 is 27.4. The van der Waals surface area contributed by atoms with E-state index >= 15 is 0 Å². The molecule has 77 heavy (non-hydrogen) atoms. The maximum absolute atomic E-state index is 14.5. The third-order valence-corrected chi connectivity index (χ3v) is 16.0. The topological polar surface area (TPSA) is 233 Å². The van der Waals surface area contributed by atoms with Gasteiger partial charge in [-0.05, 0) is 113 Å². The normalized spacial score (nSPS) is 33.1. The summed E-state index contributed by atoms with van der Waals surface area (Å²) >= 11 is 0. The first-order chi connectivity index (χ1) is 36.5. The minimum absolute atomic E-state index is 0.00373. The lowest BCUT2D eigenvalue weighted by molar-refractivity contribution is -0.179. The van der Waals surface area contributed by atoms with Crippen LogP contribution in [0.15, 0.2) is 96.2 Å². The van der Waals surface area contributed by atoms with E-state index in [1.165, 1.54) is 43.1 Å². The molecule has 0 aromatic heterocycles. The molecule has 2 bridgehead atoms. The van der Waals surface area contributed by atoms with Crippen molar-refractivity contribution in [1.82, 2.24) is 26.4 Å². The van der Waals surface area contributed by atoms with Crippen LogP contribution in [-0.2, 0) is 44.7 Å². The Hall–Kier alpha value is -5.59. The van der Waals surface area contributed by atoms with Crippen LogP contribution in [0.1, 0.15) is 132 Å². The Labute approximate surface area is 455 Å². The fourth-order valence-electron chi connectivity index (χ4n) is 10.8. The lowest BCUT2D eigenvalue weighted by Gasteiger charge is -2.51. The number of hydrogen-bond acceptors (Lipinski definition) is 12. The number of ether oxygens (including phenoxy) is 2. The molecule has 4 heterocycles. The number of carbonyl (C=O) groups excluding carboxylic acids is 6. The van der Waals surface area contributed by atoms with Crippen LogP contribution in [0.4, 0.5) is 4.39 Å². The lowest BCUT2D eigenvalue weighted by atomic mass is 9.75. The van der Waals surface area contributed by atoms with Gasteiger partial charge in [-0.25, -0.2) is 9.82 Å². The van der Waals surface area contributed by atoms with Gasteiger partial charge in [-0.15, -0.1) is 0 Å². The predicted molar refractivity (Wildman–Crippen MR) is 292 cm³/mol. The molecule has 4 aliphatic heterocycles. The maximum Gasteiger partial charge on any atom is 0.325 e. The first-order valence-corrected chi connectivity index (χ1v) is 27.6. The van der Waals surface area contributed by atoms with Crippen LogP contribution in [0.5, 0.6) is 0 Å². The minimum Gasteiger partial charge on any atom is -0.456 e. The van der Waals surface area contributed by atoms with Crippen molar-refractivity contribution in [3.05, 3.63) is 108 Å². The molecular formula is C60H86FN5O11. The first kappa shape index (κ1) is 62.3. The van der Waals surface area contributed by atoms with Gasteiger partial charge in [0.25, 0.3) is 5.91 Å². The number of cyclic esters (lactones) is 1. The first-order valence-electron chi connectivity index (χ1n) is 27.6. The van der Waals surface area contributed by atoms with Crippen LogP contribution in [0, 0.1) is 41.3 Å². The van der Waals surface area contributed by atoms with E-state index in [0.29, 0.717) is 43.2 Å². The van der Waals surface area contributed by atoms with Crippen LogP contribution >= 0.6 is 0 Å². The molecule has 424 valence electrons. The Bertz CT molecular complexity index is 2420. The number of halogens is 1. The Morgan fingerprint density at radius 1 is 1.04 bits per heavy atom. The molecule has 15 atom stereocenters. The second-order valence-electron chi connectivity index (χ2n) is 22.2. The number of fused-ring (bicyclic) bond motifs is 2. The van der Waals surface area contributed by atoms with Gasteiger partial charge in [0.1, 0.15) is 35.8 Å². The van der Waals surface area contributed by atoms with Gasteiger partial charge in [0.2, 0.25) is 17.7 Å². The number of aliphatic hydroxyl groups is 3. The van der Waals surface area contributed by atoms with Crippen molar-refractivity contribution in [1.29, 1.82) is 0 Å². The van der Waals surface area contributed by atoms with E-state index in [1.54, 1.807) is 31.2 Å². The SMILES string of the molecule is C=C(C)[C@@H]1NC(=O)[C@H](CCC(C)=O)[C@H](O)[C@@H](C)[C@@H](O)/C=C/C=C/C[C@@H](/C(C)=C/C=C/CC[C@H](C)[C@@H](O)C[C@@H]2O[C@@]3(NC(=O)[C@@H](CC)C[C@@H]3C)C(C)=C[C@H]2C)OC(=O)C2CCCN(N2)C(=O)[C@H](Cc2cccc(F)c2)NC1=O. The number of hydrazine groups is 1. The maximum atomic E-state index is 14.5. The molecule has 16 nitrogen and oxygen atoms in total. The fraction of sp³-hybridized carbons (Fsp3) is 0.600. The van der Waals surface area contributed by atoms with Gasteiger partial charge in [-0.2, -0.15) is 0 Å². The van der Waals surface area contributed by atoms with E-state index in [0.717, 1.165) is 18.4 Å². The minimum atomic E-state index is -1.47. The number of piperidine rings is 1. The Morgan fingerprint density at radius 3 is 2.47 bits per heavy atom. The van der Waals surface area contributed by atoms with Crippen molar-refractivity contribution < 1.29 is 58.0 Å². The zero-order valence-electron chi connectivity index (χ0n) is 46.6. The van der Waals surface area contributed by atoms with Gasteiger partial charge in [0.15, 0.2) is 5.72 Å². The van der Waals surface area contributed by atoms with Gasteiger partial charge < -0.3 is 45.5 Å². The largest absolute Gasteiger partial charge is 0.456 e. The highest BCUT2D eigenvalue weighted by Crippen LogP contribution is 2.43. The van der Waals surface area contributed by atoms with E-state index in [1.807, 2.05) is 45.9 Å². The molecule has 2 saturated heterocycles. The number of aliphatic hydroxyl groups excluding tert-OH is 3. The quantitative estimate of drug-likeness (QED) is 0.0552. The summed E-state index contributed by atoms with van der Waals surface area (Å²) in [5.74, 6) is -5.77. The van der Waals surface area contributed by atoms with E-state index in [-0.39, 0.29) is 79.3 Å². The molecule has 17 heteroatoms. The number of benzene rings is 1. The highest BCUT2D eigenvalue weighted by Gasteiger charge is 2.51. The average Bonchev–Trinajstić information content (AvgIpc) is 3.38. The van der Waals surface area contributed by atoms with Crippen LogP contribution < -0.4 is 21.4 Å². The van der Waals surface area contributed by atoms with Gasteiger partial charge in [0.05, 0.1) is 30.3 Å². The van der Waals surface area contributed by atoms with Gasteiger partial charge in [-0.1, -0.05) is 102 Å². The summed E-state index contributed by atoms with van der Waals surface area (Å²) in [6, 6.07) is 1.89. The van der Waals surface area contributed by atoms with Crippen molar-refractivity contribution in [2.75, 3.05) is 6.54 Å². The van der Waals surface area contributed by atoms with E-state index in [4.69, 9.17) is 9.47 Å². The molecule has 1 unspecified atom stereocenters. The Morgan fingerprint density at radius 2 is 1.78 bits per heavy atom. The third-order valence-electron chi connectivity index (χ3n) is 16.0. The highest BCUT2D eigenvalue weighted by molar-refractivity contribution is 5.94. The monoisotopic (exact) mass is 1070 g/mol. The zero-order valence-corrected chi connectivity index (χ0v) is 46.6.